The molecule has 10 heteroatoms. The van der Waals surface area contributed by atoms with Crippen molar-refractivity contribution in [1.29, 1.82) is 0 Å². The Kier molecular flexibility index (Phi) is 5.13. The van der Waals surface area contributed by atoms with Crippen molar-refractivity contribution in [3.8, 4) is 5.75 Å². The molecule has 3 N–H and O–H groups in total. The van der Waals surface area contributed by atoms with Gasteiger partial charge in [-0.25, -0.2) is 0 Å². The number of carbonyl (C=O) groups excluding carboxylic acids is 3. The van der Waals surface area contributed by atoms with E-state index in [-0.39, 0.29) is 57.9 Å². The van der Waals surface area contributed by atoms with Crippen LogP contribution in [0.25, 0.3) is 0 Å². The van der Waals surface area contributed by atoms with Gasteiger partial charge in [-0.1, -0.05) is 41.7 Å². The minimum absolute atomic E-state index is 0.000184. The van der Waals surface area contributed by atoms with Crippen molar-refractivity contribution in [3.05, 3.63) is 74.7 Å². The first-order valence-electron chi connectivity index (χ1n) is 12.3. The van der Waals surface area contributed by atoms with Gasteiger partial charge < -0.3 is 15.4 Å². The smallest absolute Gasteiger partial charge is 0.305 e. The lowest BCUT2D eigenvalue weighted by molar-refractivity contribution is -0.143. The molecule has 2 saturated carbocycles. The highest BCUT2D eigenvalue weighted by molar-refractivity contribution is 8.00. The molecule has 188 valence electrons. The molecule has 3 amide bonds. The molecule has 7 atom stereocenters. The number of benzene rings is 2. The number of hydrogen-bond acceptors (Lipinski definition) is 7. The summed E-state index contributed by atoms with van der Waals surface area (Å²) in [7, 11) is 0. The van der Waals surface area contributed by atoms with Crippen molar-refractivity contribution >= 4 is 46.5 Å². The zero-order valence-electron chi connectivity index (χ0n) is 19.5. The zero-order chi connectivity index (χ0) is 25.4. The van der Waals surface area contributed by atoms with Crippen LogP contribution in [0.3, 0.4) is 0 Å². The molecule has 2 aliphatic carbocycles. The molecule has 1 aromatic heterocycles. The van der Waals surface area contributed by atoms with Crippen molar-refractivity contribution < 1.29 is 19.5 Å². The van der Waals surface area contributed by atoms with Crippen LogP contribution in [0.15, 0.2) is 64.4 Å². The van der Waals surface area contributed by atoms with Gasteiger partial charge in [0.2, 0.25) is 17.7 Å². The molecule has 3 heterocycles. The topological polar surface area (TPSA) is 120 Å². The normalized spacial score (nSPS) is 31.2. The van der Waals surface area contributed by atoms with Gasteiger partial charge in [-0.05, 0) is 54.0 Å². The third kappa shape index (κ3) is 3.42. The van der Waals surface area contributed by atoms with Crippen molar-refractivity contribution in [3.63, 3.8) is 0 Å². The molecule has 0 radical (unpaired) electrons. The number of likely N-dealkylation sites (tertiary alicyclic amines) is 1. The number of imide groups is 1. The minimum Gasteiger partial charge on any atom is -0.508 e. The van der Waals surface area contributed by atoms with Gasteiger partial charge in [-0.3, -0.25) is 24.1 Å². The zero-order valence-corrected chi connectivity index (χ0v) is 21.1. The SMILES string of the molecule is O=C(CN1C(=O)C2C3CC(C2C1=O)C1C(c2ccc(O)cc2)c2sc(=O)[nH]c2SC31)Nc1ccccc1. The van der Waals surface area contributed by atoms with Gasteiger partial charge in [-0.2, -0.15) is 0 Å². The van der Waals surface area contributed by atoms with Gasteiger partial charge in [0.15, 0.2) is 0 Å². The average Bonchev–Trinajstić information content (AvgIpc) is 3.61. The van der Waals surface area contributed by atoms with Gasteiger partial charge >= 0.3 is 4.87 Å². The third-order valence-electron chi connectivity index (χ3n) is 8.43. The van der Waals surface area contributed by atoms with E-state index in [1.54, 1.807) is 48.2 Å². The van der Waals surface area contributed by atoms with Crippen LogP contribution >= 0.6 is 23.1 Å². The number of aromatic hydroxyl groups is 1. The average molecular weight is 534 g/mol. The number of nitrogens with zero attached hydrogens (tertiary/aromatic N) is 1. The number of amides is 3. The highest BCUT2D eigenvalue weighted by Gasteiger charge is 2.69. The number of hydrogen-bond donors (Lipinski definition) is 3. The van der Waals surface area contributed by atoms with Crippen LogP contribution in [0.4, 0.5) is 5.69 Å². The largest absolute Gasteiger partial charge is 0.508 e. The van der Waals surface area contributed by atoms with E-state index in [4.69, 9.17) is 0 Å². The molecule has 3 aromatic rings. The number of aromatic nitrogens is 1. The van der Waals surface area contributed by atoms with E-state index in [1.807, 2.05) is 18.2 Å². The van der Waals surface area contributed by atoms with Crippen molar-refractivity contribution in [1.82, 2.24) is 9.88 Å². The number of fused-ring (bicyclic) bond motifs is 9. The number of rotatable bonds is 4. The van der Waals surface area contributed by atoms with E-state index in [2.05, 4.69) is 10.3 Å². The Bertz CT molecular complexity index is 1480. The highest BCUT2D eigenvalue weighted by Crippen LogP contribution is 2.68. The summed E-state index contributed by atoms with van der Waals surface area (Å²) in [6.45, 7) is -0.288. The predicted octanol–water partition coefficient (Wildman–Crippen LogP) is 3.25. The first-order chi connectivity index (χ1) is 17.9. The third-order valence-corrected chi connectivity index (χ3v) is 11.0. The van der Waals surface area contributed by atoms with Crippen LogP contribution in [0.5, 0.6) is 5.75 Å². The van der Waals surface area contributed by atoms with Crippen LogP contribution in [-0.2, 0) is 14.4 Å². The van der Waals surface area contributed by atoms with Crippen molar-refractivity contribution in [2.75, 3.05) is 11.9 Å². The van der Waals surface area contributed by atoms with E-state index in [9.17, 15) is 24.3 Å². The fourth-order valence-electron chi connectivity index (χ4n) is 7.15. The van der Waals surface area contributed by atoms with Gasteiger partial charge in [0.05, 0.1) is 16.9 Å². The van der Waals surface area contributed by atoms with Crippen LogP contribution < -0.4 is 10.2 Å². The number of nitrogens with one attached hydrogen (secondary N) is 2. The number of aromatic amines is 1. The summed E-state index contributed by atoms with van der Waals surface area (Å²) in [6.07, 6.45) is 0.785. The van der Waals surface area contributed by atoms with Gasteiger partial charge in [0.25, 0.3) is 0 Å². The number of H-pyrrole nitrogens is 1. The summed E-state index contributed by atoms with van der Waals surface area (Å²) < 4.78 is 0. The lowest BCUT2D eigenvalue weighted by atomic mass is 9.68. The molecule has 7 unspecified atom stereocenters. The standard InChI is InChI=1S/C27H23N3O5S2/c31-14-8-6-12(7-9-14)18-19-15-10-16(22(19)36-24-23(18)37-27(35)29-24)21-20(15)25(33)30(26(21)34)11-17(32)28-13-4-2-1-3-5-13/h1-9,15-16,18-22,31H,10-11H2,(H,28,32)(H,29,35). The van der Waals surface area contributed by atoms with E-state index < -0.39 is 17.7 Å². The second kappa shape index (κ2) is 8.32. The Labute approximate surface area is 220 Å². The number of anilines is 1. The fourth-order valence-corrected chi connectivity index (χ4v) is 10.0. The number of phenolic OH excluding ortho intramolecular Hbond substituents is 1. The quantitative estimate of drug-likeness (QED) is 0.443. The molecule has 2 aromatic carbocycles. The summed E-state index contributed by atoms with van der Waals surface area (Å²) in [6, 6.07) is 16.0. The fraction of sp³-hybridized carbons (Fsp3) is 0.333. The van der Waals surface area contributed by atoms with Crippen molar-refractivity contribution in [2.45, 2.75) is 22.6 Å². The van der Waals surface area contributed by atoms with Gasteiger partial charge in [0.1, 0.15) is 12.3 Å². The van der Waals surface area contributed by atoms with E-state index >= 15 is 0 Å². The van der Waals surface area contributed by atoms with E-state index in [0.717, 1.165) is 26.8 Å². The van der Waals surface area contributed by atoms with Crippen LogP contribution in [-0.4, -0.2) is 44.5 Å². The minimum atomic E-state index is -0.444. The molecule has 0 spiro atoms. The van der Waals surface area contributed by atoms with Crippen LogP contribution in [0.1, 0.15) is 22.8 Å². The molecule has 4 aliphatic rings. The van der Waals surface area contributed by atoms with E-state index in [1.165, 1.54) is 11.3 Å². The first kappa shape index (κ1) is 22.8. The molecule has 8 nitrogen and oxygen atoms in total. The monoisotopic (exact) mass is 533 g/mol. The summed E-state index contributed by atoms with van der Waals surface area (Å²) in [4.78, 5) is 57.1. The lowest BCUT2D eigenvalue weighted by Crippen LogP contribution is -2.42. The maximum Gasteiger partial charge on any atom is 0.305 e. The Morgan fingerprint density at radius 3 is 2.43 bits per heavy atom. The van der Waals surface area contributed by atoms with Gasteiger partial charge in [-0.15, -0.1) is 11.8 Å². The molecule has 2 bridgehead atoms. The molecule has 7 rings (SSSR count). The maximum atomic E-state index is 13.6. The van der Waals surface area contributed by atoms with Crippen LogP contribution in [0, 0.1) is 29.6 Å². The molecular formula is C27H23N3O5S2. The second-order valence-electron chi connectivity index (χ2n) is 10.2. The first-order valence-corrected chi connectivity index (χ1v) is 14.0. The number of thioether (sulfide) groups is 1. The number of para-hydroxylation sites is 1. The molecule has 2 aliphatic heterocycles. The Hall–Kier alpha value is -3.37. The molecular weight excluding hydrogens is 510 g/mol. The number of phenols is 1. The summed E-state index contributed by atoms with van der Waals surface area (Å²) in [5.74, 6) is -1.65. The molecule has 1 saturated heterocycles. The lowest BCUT2D eigenvalue weighted by Gasteiger charge is -2.43. The number of carbonyl (C=O) groups is 3. The Morgan fingerprint density at radius 2 is 1.70 bits per heavy atom. The summed E-state index contributed by atoms with van der Waals surface area (Å²) in [5.41, 5.74) is 1.61. The second-order valence-corrected chi connectivity index (χ2v) is 12.4. The Balaban J connectivity index is 1.20. The number of thiazole rings is 1. The summed E-state index contributed by atoms with van der Waals surface area (Å²) in [5, 5.41) is 13.5. The van der Waals surface area contributed by atoms with Crippen LogP contribution in [0.2, 0.25) is 0 Å². The molecule has 3 fully saturated rings. The molecule has 37 heavy (non-hydrogen) atoms. The van der Waals surface area contributed by atoms with Crippen molar-refractivity contribution in [2.24, 2.45) is 29.6 Å². The predicted molar refractivity (Wildman–Crippen MR) is 138 cm³/mol. The van der Waals surface area contributed by atoms with E-state index in [0.29, 0.717) is 5.69 Å². The summed E-state index contributed by atoms with van der Waals surface area (Å²) >= 11 is 2.83. The van der Waals surface area contributed by atoms with Gasteiger partial charge in [0, 0.05) is 21.7 Å². The Morgan fingerprint density at radius 1 is 1.00 bits per heavy atom. The highest BCUT2D eigenvalue weighted by atomic mass is 32.2. The maximum absolute atomic E-state index is 13.6.